The summed E-state index contributed by atoms with van der Waals surface area (Å²) in [7, 11) is 0. The molecule has 2 N–H and O–H groups in total. The Morgan fingerprint density at radius 3 is 2.67 bits per heavy atom. The molecule has 1 heterocycles. The molecule has 1 aromatic carbocycles. The number of nitrogens with one attached hydrogen (secondary N) is 1. The summed E-state index contributed by atoms with van der Waals surface area (Å²) in [5.41, 5.74) is 0.951. The van der Waals surface area contributed by atoms with Gasteiger partial charge in [-0.15, -0.1) is 0 Å². The number of benzene rings is 1. The van der Waals surface area contributed by atoms with Gasteiger partial charge in [-0.25, -0.2) is 9.78 Å². The van der Waals surface area contributed by atoms with Gasteiger partial charge in [-0.1, -0.05) is 34.1 Å². The lowest BCUT2D eigenvalue weighted by Gasteiger charge is -2.05. The Balaban J connectivity index is 1.93. The number of aromatic carboxylic acids is 1. The van der Waals surface area contributed by atoms with Crippen LogP contribution in [-0.4, -0.2) is 22.0 Å². The number of pyridine rings is 1. The van der Waals surface area contributed by atoms with Gasteiger partial charge >= 0.3 is 5.97 Å². The number of carbonyl (C=O) groups is 2. The number of carboxylic acids is 1. The molecule has 1 aromatic heterocycles. The highest BCUT2D eigenvalue weighted by molar-refractivity contribution is 9.10. The van der Waals surface area contributed by atoms with Crippen LogP contribution in [-0.2, 0) is 11.2 Å². The maximum Gasteiger partial charge on any atom is 0.354 e. The van der Waals surface area contributed by atoms with E-state index in [1.807, 2.05) is 24.3 Å². The molecule has 108 valence electrons. The zero-order valence-corrected chi connectivity index (χ0v) is 12.6. The van der Waals surface area contributed by atoms with Gasteiger partial charge in [0.15, 0.2) is 5.69 Å². The molecule has 1 amide bonds. The van der Waals surface area contributed by atoms with Gasteiger partial charge in [-0.3, -0.25) is 4.79 Å². The van der Waals surface area contributed by atoms with E-state index in [1.165, 1.54) is 6.07 Å². The molecule has 0 fully saturated rings. The van der Waals surface area contributed by atoms with Crippen LogP contribution in [0.2, 0.25) is 0 Å². The van der Waals surface area contributed by atoms with Crippen molar-refractivity contribution in [3.8, 4) is 0 Å². The van der Waals surface area contributed by atoms with E-state index in [1.54, 1.807) is 12.1 Å². The highest BCUT2D eigenvalue weighted by Gasteiger charge is 2.08. The largest absolute Gasteiger partial charge is 0.477 e. The van der Waals surface area contributed by atoms with Crippen molar-refractivity contribution in [2.45, 2.75) is 12.8 Å². The first-order chi connectivity index (χ1) is 10.0. The number of hydrogen-bond donors (Lipinski definition) is 2. The Morgan fingerprint density at radius 2 is 1.95 bits per heavy atom. The average Bonchev–Trinajstić information content (AvgIpc) is 2.45. The van der Waals surface area contributed by atoms with E-state index < -0.39 is 5.97 Å². The van der Waals surface area contributed by atoms with Crippen LogP contribution >= 0.6 is 15.9 Å². The number of aromatic nitrogens is 1. The normalized spacial score (nSPS) is 10.1. The van der Waals surface area contributed by atoms with Crippen LogP contribution < -0.4 is 5.32 Å². The lowest BCUT2D eigenvalue weighted by atomic mass is 10.1. The van der Waals surface area contributed by atoms with Crippen LogP contribution in [0, 0.1) is 0 Å². The van der Waals surface area contributed by atoms with E-state index in [4.69, 9.17) is 5.11 Å². The standard InChI is InChI=1S/C15H13BrN2O3/c16-11-4-1-3-10(9-11)7-8-14(19)18-13-6-2-5-12(17-13)15(20)21/h1-6,9H,7-8H2,(H,20,21)(H,17,18,19). The number of aryl methyl sites for hydroxylation is 1. The van der Waals surface area contributed by atoms with Gasteiger partial charge in [0.05, 0.1) is 0 Å². The summed E-state index contributed by atoms with van der Waals surface area (Å²) in [5.74, 6) is -1.08. The molecule has 0 spiro atoms. The van der Waals surface area contributed by atoms with Crippen molar-refractivity contribution in [1.82, 2.24) is 4.98 Å². The molecule has 0 aliphatic carbocycles. The third kappa shape index (κ3) is 4.68. The molecule has 0 aliphatic rings. The fourth-order valence-electron chi connectivity index (χ4n) is 1.78. The third-order valence-corrected chi connectivity index (χ3v) is 3.26. The first-order valence-electron chi connectivity index (χ1n) is 6.29. The maximum absolute atomic E-state index is 11.8. The number of rotatable bonds is 5. The second kappa shape index (κ2) is 6.99. The fraction of sp³-hybridized carbons (Fsp3) is 0.133. The zero-order valence-electron chi connectivity index (χ0n) is 11.0. The van der Waals surface area contributed by atoms with Gasteiger partial charge in [0.1, 0.15) is 5.82 Å². The number of carboxylic acid groups (broad SMARTS) is 1. The minimum atomic E-state index is -1.12. The van der Waals surface area contributed by atoms with E-state index in [2.05, 4.69) is 26.2 Å². The van der Waals surface area contributed by atoms with E-state index in [-0.39, 0.29) is 17.4 Å². The zero-order chi connectivity index (χ0) is 15.2. The van der Waals surface area contributed by atoms with Gasteiger partial charge < -0.3 is 10.4 Å². The Labute approximate surface area is 130 Å². The number of anilines is 1. The fourth-order valence-corrected chi connectivity index (χ4v) is 2.23. The van der Waals surface area contributed by atoms with E-state index in [9.17, 15) is 9.59 Å². The number of hydrogen-bond acceptors (Lipinski definition) is 3. The number of nitrogens with zero attached hydrogens (tertiary/aromatic N) is 1. The molecule has 2 rings (SSSR count). The van der Waals surface area contributed by atoms with Crippen LogP contribution in [0.4, 0.5) is 5.82 Å². The van der Waals surface area contributed by atoms with Crippen molar-refractivity contribution >= 4 is 33.6 Å². The predicted molar refractivity (Wildman–Crippen MR) is 82.3 cm³/mol. The molecule has 0 unspecified atom stereocenters. The lowest BCUT2D eigenvalue weighted by molar-refractivity contribution is -0.116. The van der Waals surface area contributed by atoms with Crippen molar-refractivity contribution in [3.63, 3.8) is 0 Å². The molecule has 0 aliphatic heterocycles. The SMILES string of the molecule is O=C(CCc1cccc(Br)c1)Nc1cccc(C(=O)O)n1. The third-order valence-electron chi connectivity index (χ3n) is 2.77. The molecule has 0 radical (unpaired) electrons. The molecule has 21 heavy (non-hydrogen) atoms. The Bertz CT molecular complexity index is 673. The topological polar surface area (TPSA) is 79.3 Å². The van der Waals surface area contributed by atoms with E-state index in [0.717, 1.165) is 10.0 Å². The summed E-state index contributed by atoms with van der Waals surface area (Å²) >= 11 is 3.38. The van der Waals surface area contributed by atoms with Crippen molar-refractivity contribution in [1.29, 1.82) is 0 Å². The molecular formula is C15H13BrN2O3. The van der Waals surface area contributed by atoms with Crippen LogP contribution in [0.1, 0.15) is 22.5 Å². The molecule has 0 saturated carbocycles. The van der Waals surface area contributed by atoms with Crippen molar-refractivity contribution in [3.05, 3.63) is 58.2 Å². The van der Waals surface area contributed by atoms with E-state index in [0.29, 0.717) is 12.8 Å². The number of amides is 1. The number of carbonyl (C=O) groups excluding carboxylic acids is 1. The molecule has 2 aromatic rings. The first kappa shape index (κ1) is 15.2. The first-order valence-corrected chi connectivity index (χ1v) is 7.08. The Morgan fingerprint density at radius 1 is 1.19 bits per heavy atom. The monoisotopic (exact) mass is 348 g/mol. The summed E-state index contributed by atoms with van der Waals surface area (Å²) in [4.78, 5) is 26.5. The molecular weight excluding hydrogens is 336 g/mol. The summed E-state index contributed by atoms with van der Waals surface area (Å²) in [6.07, 6.45) is 0.902. The summed E-state index contributed by atoms with van der Waals surface area (Å²) < 4.78 is 0.969. The van der Waals surface area contributed by atoms with Crippen molar-refractivity contribution in [2.75, 3.05) is 5.32 Å². The molecule has 5 nitrogen and oxygen atoms in total. The molecule has 6 heteroatoms. The highest BCUT2D eigenvalue weighted by atomic mass is 79.9. The van der Waals surface area contributed by atoms with E-state index >= 15 is 0 Å². The Kier molecular flexibility index (Phi) is 5.05. The maximum atomic E-state index is 11.8. The summed E-state index contributed by atoms with van der Waals surface area (Å²) in [5, 5.41) is 11.4. The molecule has 0 saturated heterocycles. The van der Waals surface area contributed by atoms with Crippen LogP contribution in [0.25, 0.3) is 0 Å². The second-order valence-corrected chi connectivity index (χ2v) is 5.31. The minimum absolute atomic E-state index is 0.0974. The average molecular weight is 349 g/mol. The predicted octanol–water partition coefficient (Wildman–Crippen LogP) is 3.11. The smallest absolute Gasteiger partial charge is 0.354 e. The van der Waals surface area contributed by atoms with Gasteiger partial charge in [-0.05, 0) is 36.2 Å². The summed E-state index contributed by atoms with van der Waals surface area (Å²) in [6.45, 7) is 0. The van der Waals surface area contributed by atoms with Gasteiger partial charge in [0.25, 0.3) is 0 Å². The van der Waals surface area contributed by atoms with Crippen molar-refractivity contribution < 1.29 is 14.7 Å². The van der Waals surface area contributed by atoms with Crippen LogP contribution in [0.3, 0.4) is 0 Å². The second-order valence-electron chi connectivity index (χ2n) is 4.39. The van der Waals surface area contributed by atoms with Gasteiger partial charge in [0.2, 0.25) is 5.91 Å². The summed E-state index contributed by atoms with van der Waals surface area (Å²) in [6, 6.07) is 12.2. The quantitative estimate of drug-likeness (QED) is 0.869. The van der Waals surface area contributed by atoms with Crippen molar-refractivity contribution in [2.24, 2.45) is 0 Å². The Hall–Kier alpha value is -2.21. The van der Waals surface area contributed by atoms with Gasteiger partial charge in [-0.2, -0.15) is 0 Å². The van der Waals surface area contributed by atoms with Gasteiger partial charge in [0, 0.05) is 10.9 Å². The molecule has 0 atom stereocenters. The molecule has 0 bridgehead atoms. The lowest BCUT2D eigenvalue weighted by Crippen LogP contribution is -2.14. The highest BCUT2D eigenvalue weighted by Crippen LogP contribution is 2.13. The minimum Gasteiger partial charge on any atom is -0.477 e. The number of halogens is 1. The van der Waals surface area contributed by atoms with Crippen LogP contribution in [0.15, 0.2) is 46.9 Å². The van der Waals surface area contributed by atoms with Crippen LogP contribution in [0.5, 0.6) is 0 Å².